The summed E-state index contributed by atoms with van der Waals surface area (Å²) in [5.41, 5.74) is 0. The fourth-order valence-corrected chi connectivity index (χ4v) is 0.522. The van der Waals surface area contributed by atoms with Crippen LogP contribution in [0.5, 0.6) is 0 Å². The van der Waals surface area contributed by atoms with E-state index in [1.54, 1.807) is 0 Å². The number of hydrogen-bond acceptors (Lipinski definition) is 4. The van der Waals surface area contributed by atoms with Crippen molar-refractivity contribution in [3.8, 4) is 0 Å². The summed E-state index contributed by atoms with van der Waals surface area (Å²) in [6, 6.07) is 0. The molecular weight excluding hydrogens is 136 g/mol. The van der Waals surface area contributed by atoms with Gasteiger partial charge in [-0.15, -0.1) is 0 Å². The van der Waals surface area contributed by atoms with E-state index < -0.39 is 12.2 Å². The Kier molecular flexibility index (Phi) is 5.10. The van der Waals surface area contributed by atoms with Gasteiger partial charge in [0.2, 0.25) is 0 Å². The molecule has 0 aliphatic carbocycles. The molecule has 0 aromatic heterocycles. The van der Waals surface area contributed by atoms with Gasteiger partial charge in [0.15, 0.2) is 0 Å². The summed E-state index contributed by atoms with van der Waals surface area (Å²) in [6.45, 7) is -0.328. The summed E-state index contributed by atoms with van der Waals surface area (Å²) >= 11 is 0. The predicted molar refractivity (Wildman–Crippen MR) is 34.4 cm³/mol. The lowest BCUT2D eigenvalue weighted by atomic mass is 10.1. The molecule has 0 aromatic rings. The average molecular weight is 148 g/mol. The van der Waals surface area contributed by atoms with Gasteiger partial charge >= 0.3 is 0 Å². The Hall–Kier alpha value is -0.450. The van der Waals surface area contributed by atoms with Gasteiger partial charge in [0.1, 0.15) is 12.4 Å². The maximum atomic E-state index is 9.81. The normalized spacial score (nSPS) is 16.3. The molecule has 0 aliphatic rings. The minimum Gasteiger partial charge on any atom is -0.394 e. The Bertz CT molecular complexity index is 93.7. The Labute approximate surface area is 59.1 Å². The lowest BCUT2D eigenvalue weighted by Crippen LogP contribution is -2.16. The molecule has 0 fully saturated rings. The topological polar surface area (TPSA) is 77.8 Å². The molecule has 4 heteroatoms. The van der Waals surface area contributed by atoms with E-state index in [1.807, 2.05) is 0 Å². The number of rotatable bonds is 5. The van der Waals surface area contributed by atoms with E-state index in [-0.39, 0.29) is 19.4 Å². The molecule has 0 spiro atoms. The first-order chi connectivity index (χ1) is 4.70. The van der Waals surface area contributed by atoms with Crippen LogP contribution in [0.15, 0.2) is 0 Å². The molecular formula is C6H12O4. The van der Waals surface area contributed by atoms with Gasteiger partial charge in [-0.3, -0.25) is 0 Å². The second-order valence-corrected chi connectivity index (χ2v) is 2.12. The summed E-state index contributed by atoms with van der Waals surface area (Å²) in [6.07, 6.45) is -0.984. The molecule has 3 N–H and O–H groups in total. The molecule has 0 unspecified atom stereocenters. The number of carbonyl (C=O) groups is 1. The van der Waals surface area contributed by atoms with Crippen LogP contribution in [0.4, 0.5) is 0 Å². The summed E-state index contributed by atoms with van der Waals surface area (Å²) in [4.78, 5) is 9.81. The fourth-order valence-electron chi connectivity index (χ4n) is 0.522. The van der Waals surface area contributed by atoms with Crippen molar-refractivity contribution in [3.05, 3.63) is 0 Å². The third-order valence-electron chi connectivity index (χ3n) is 1.16. The van der Waals surface area contributed by atoms with Crippen LogP contribution in [0.25, 0.3) is 0 Å². The van der Waals surface area contributed by atoms with Crippen LogP contribution >= 0.6 is 0 Å². The second kappa shape index (κ2) is 5.34. The number of hydrogen-bond donors (Lipinski definition) is 3. The first-order valence-corrected chi connectivity index (χ1v) is 3.13. The van der Waals surface area contributed by atoms with E-state index in [9.17, 15) is 4.79 Å². The molecule has 0 rings (SSSR count). The first-order valence-electron chi connectivity index (χ1n) is 3.13. The van der Waals surface area contributed by atoms with Crippen LogP contribution in [0, 0.1) is 0 Å². The van der Waals surface area contributed by atoms with Gasteiger partial charge in [0.25, 0.3) is 0 Å². The number of aliphatic hydroxyl groups is 3. The minimum absolute atomic E-state index is 0.200. The first kappa shape index (κ1) is 9.55. The molecule has 0 saturated heterocycles. The predicted octanol–water partition coefficient (Wildman–Crippen LogP) is -1.32. The van der Waals surface area contributed by atoms with Crippen molar-refractivity contribution in [2.75, 3.05) is 6.61 Å². The van der Waals surface area contributed by atoms with Crippen molar-refractivity contribution in [1.29, 1.82) is 0 Å². The van der Waals surface area contributed by atoms with Crippen LogP contribution in [-0.2, 0) is 4.79 Å². The molecule has 0 aromatic carbocycles. The van der Waals surface area contributed by atoms with Gasteiger partial charge < -0.3 is 20.1 Å². The summed E-state index contributed by atoms with van der Waals surface area (Å²) in [5, 5.41) is 25.7. The van der Waals surface area contributed by atoms with Gasteiger partial charge in [-0.2, -0.15) is 0 Å². The highest BCUT2D eigenvalue weighted by atomic mass is 16.3. The minimum atomic E-state index is -1.01. The zero-order chi connectivity index (χ0) is 7.98. The molecule has 0 amide bonds. The Morgan fingerprint density at radius 1 is 1.30 bits per heavy atom. The van der Waals surface area contributed by atoms with Crippen molar-refractivity contribution >= 4 is 6.29 Å². The molecule has 2 atom stereocenters. The van der Waals surface area contributed by atoms with Crippen LogP contribution < -0.4 is 0 Å². The highest BCUT2D eigenvalue weighted by molar-refractivity contribution is 5.55. The van der Waals surface area contributed by atoms with E-state index in [0.717, 1.165) is 0 Å². The number of aldehydes is 1. The van der Waals surface area contributed by atoms with Gasteiger partial charge in [-0.25, -0.2) is 0 Å². The van der Waals surface area contributed by atoms with Crippen molar-refractivity contribution < 1.29 is 20.1 Å². The Morgan fingerprint density at radius 3 is 2.30 bits per heavy atom. The van der Waals surface area contributed by atoms with Crippen LogP contribution in [0.1, 0.15) is 12.8 Å². The van der Waals surface area contributed by atoms with Crippen molar-refractivity contribution in [2.24, 2.45) is 0 Å². The largest absolute Gasteiger partial charge is 0.394 e. The SMILES string of the molecule is O=C[C@H](O)CC[C@@H](O)CO. The zero-order valence-electron chi connectivity index (χ0n) is 5.60. The smallest absolute Gasteiger partial charge is 0.148 e. The van der Waals surface area contributed by atoms with Crippen molar-refractivity contribution in [2.45, 2.75) is 25.0 Å². The number of carbonyl (C=O) groups excluding carboxylic acids is 1. The van der Waals surface area contributed by atoms with E-state index in [4.69, 9.17) is 15.3 Å². The lowest BCUT2D eigenvalue weighted by Gasteiger charge is -2.06. The molecule has 60 valence electrons. The van der Waals surface area contributed by atoms with Crippen LogP contribution in [0.2, 0.25) is 0 Å². The quantitative estimate of drug-likeness (QED) is 0.422. The van der Waals surface area contributed by atoms with Gasteiger partial charge in [0.05, 0.1) is 12.7 Å². The molecule has 0 radical (unpaired) electrons. The monoisotopic (exact) mass is 148 g/mol. The third kappa shape index (κ3) is 4.43. The fraction of sp³-hybridized carbons (Fsp3) is 0.833. The van der Waals surface area contributed by atoms with E-state index in [2.05, 4.69) is 0 Å². The highest BCUT2D eigenvalue weighted by Crippen LogP contribution is 1.98. The molecule has 0 bridgehead atoms. The molecule has 0 saturated carbocycles. The molecule has 0 aliphatic heterocycles. The van der Waals surface area contributed by atoms with Gasteiger partial charge in [-0.05, 0) is 12.8 Å². The summed E-state index contributed by atoms with van der Waals surface area (Å²) in [7, 11) is 0. The average Bonchev–Trinajstić information content (AvgIpc) is 1.99. The maximum absolute atomic E-state index is 9.81. The second-order valence-electron chi connectivity index (χ2n) is 2.12. The van der Waals surface area contributed by atoms with Crippen molar-refractivity contribution in [1.82, 2.24) is 0 Å². The molecule has 4 nitrogen and oxygen atoms in total. The zero-order valence-corrected chi connectivity index (χ0v) is 5.60. The standard InChI is InChI=1S/C6H12O4/c7-3-5(9)1-2-6(10)4-8/h3,5-6,8-10H,1-2,4H2/t5-,6-/m1/s1. The van der Waals surface area contributed by atoms with Crippen LogP contribution in [0.3, 0.4) is 0 Å². The Balaban J connectivity index is 3.25. The van der Waals surface area contributed by atoms with E-state index in [0.29, 0.717) is 6.29 Å². The van der Waals surface area contributed by atoms with Gasteiger partial charge in [-0.1, -0.05) is 0 Å². The van der Waals surface area contributed by atoms with E-state index in [1.165, 1.54) is 0 Å². The Morgan fingerprint density at radius 2 is 1.90 bits per heavy atom. The summed E-state index contributed by atoms with van der Waals surface area (Å²) in [5.74, 6) is 0. The molecule has 0 heterocycles. The van der Waals surface area contributed by atoms with E-state index >= 15 is 0 Å². The highest BCUT2D eigenvalue weighted by Gasteiger charge is 2.06. The van der Waals surface area contributed by atoms with Crippen molar-refractivity contribution in [3.63, 3.8) is 0 Å². The number of aliphatic hydroxyl groups excluding tert-OH is 3. The third-order valence-corrected chi connectivity index (χ3v) is 1.16. The van der Waals surface area contributed by atoms with Crippen LogP contribution in [-0.4, -0.2) is 40.4 Å². The molecule has 10 heavy (non-hydrogen) atoms. The maximum Gasteiger partial charge on any atom is 0.148 e. The summed E-state index contributed by atoms with van der Waals surface area (Å²) < 4.78 is 0. The lowest BCUT2D eigenvalue weighted by molar-refractivity contribution is -0.115. The van der Waals surface area contributed by atoms with Gasteiger partial charge in [0, 0.05) is 0 Å².